The number of carboxylic acid groups (broad SMARTS) is 1. The topological polar surface area (TPSA) is 52.6 Å². The van der Waals surface area contributed by atoms with Gasteiger partial charge in [0.1, 0.15) is 0 Å². The van der Waals surface area contributed by atoms with E-state index in [-0.39, 0.29) is 0 Å². The third-order valence-electron chi connectivity index (χ3n) is 3.03. The van der Waals surface area contributed by atoms with Crippen LogP contribution in [0.3, 0.4) is 0 Å². The van der Waals surface area contributed by atoms with Crippen molar-refractivity contribution in [3.05, 3.63) is 59.7 Å². The van der Waals surface area contributed by atoms with E-state index in [1.165, 1.54) is 0 Å². The monoisotopic (exact) mass is 270 g/mol. The number of hydrogen-bond acceptors (Lipinski definition) is 3. The van der Waals surface area contributed by atoms with Crippen LogP contribution in [0.5, 0.6) is 0 Å². The van der Waals surface area contributed by atoms with Crippen molar-refractivity contribution in [3.8, 4) is 0 Å². The van der Waals surface area contributed by atoms with Gasteiger partial charge in [-0.25, -0.2) is 4.79 Å². The number of aromatic carboxylic acids is 1. The third kappa shape index (κ3) is 3.51. The van der Waals surface area contributed by atoms with Crippen LogP contribution in [0.2, 0.25) is 0 Å². The smallest absolute Gasteiger partial charge is 0.335 e. The molecule has 2 aromatic rings. The molecular formula is C16H18N2O2. The minimum Gasteiger partial charge on any atom is -0.478 e. The maximum atomic E-state index is 10.9. The lowest BCUT2D eigenvalue weighted by Gasteiger charge is -2.14. The fourth-order valence-electron chi connectivity index (χ4n) is 1.91. The molecule has 4 nitrogen and oxygen atoms in total. The molecule has 0 saturated heterocycles. The highest BCUT2D eigenvalue weighted by Gasteiger charge is 2.03. The lowest BCUT2D eigenvalue weighted by molar-refractivity contribution is 0.0697. The normalized spacial score (nSPS) is 10.1. The first kappa shape index (κ1) is 13.9. The Labute approximate surface area is 118 Å². The first-order valence-corrected chi connectivity index (χ1v) is 6.40. The molecule has 0 bridgehead atoms. The lowest BCUT2D eigenvalue weighted by Crippen LogP contribution is -2.09. The molecule has 0 saturated carbocycles. The number of carbonyl (C=O) groups is 1. The van der Waals surface area contributed by atoms with E-state index < -0.39 is 5.97 Å². The average Bonchev–Trinajstić information content (AvgIpc) is 2.45. The summed E-state index contributed by atoms with van der Waals surface area (Å²) in [6, 6.07) is 15.0. The fourth-order valence-corrected chi connectivity index (χ4v) is 1.91. The van der Waals surface area contributed by atoms with Crippen LogP contribution in [0.25, 0.3) is 0 Å². The first-order chi connectivity index (χ1) is 9.56. The molecule has 2 aromatic carbocycles. The molecule has 0 fully saturated rings. The number of nitrogens with one attached hydrogen (secondary N) is 1. The molecule has 0 heterocycles. The van der Waals surface area contributed by atoms with E-state index in [0.717, 1.165) is 16.9 Å². The van der Waals surface area contributed by atoms with Crippen molar-refractivity contribution in [2.45, 2.75) is 6.54 Å². The van der Waals surface area contributed by atoms with Crippen molar-refractivity contribution in [1.82, 2.24) is 0 Å². The molecule has 104 valence electrons. The summed E-state index contributed by atoms with van der Waals surface area (Å²) in [5.41, 5.74) is 3.39. The second kappa shape index (κ2) is 6.10. The van der Waals surface area contributed by atoms with Gasteiger partial charge in [0, 0.05) is 32.0 Å². The van der Waals surface area contributed by atoms with Crippen LogP contribution in [-0.4, -0.2) is 25.2 Å². The Morgan fingerprint density at radius 1 is 1.15 bits per heavy atom. The summed E-state index contributed by atoms with van der Waals surface area (Å²) in [5, 5.41) is 12.3. The molecule has 4 heteroatoms. The number of anilines is 2. The van der Waals surface area contributed by atoms with Gasteiger partial charge in [0.05, 0.1) is 5.56 Å². The van der Waals surface area contributed by atoms with Crippen LogP contribution in [0.15, 0.2) is 48.5 Å². The summed E-state index contributed by atoms with van der Waals surface area (Å²) >= 11 is 0. The number of benzene rings is 2. The Morgan fingerprint density at radius 3 is 2.60 bits per heavy atom. The molecule has 2 N–H and O–H groups in total. The maximum absolute atomic E-state index is 10.9. The van der Waals surface area contributed by atoms with Crippen LogP contribution < -0.4 is 10.2 Å². The summed E-state index contributed by atoms with van der Waals surface area (Å²) in [6.07, 6.45) is 0. The van der Waals surface area contributed by atoms with E-state index in [1.54, 1.807) is 18.2 Å². The molecule has 20 heavy (non-hydrogen) atoms. The molecule has 0 spiro atoms. The van der Waals surface area contributed by atoms with Gasteiger partial charge in [0.15, 0.2) is 0 Å². The van der Waals surface area contributed by atoms with E-state index in [0.29, 0.717) is 12.1 Å². The Hall–Kier alpha value is -2.49. The van der Waals surface area contributed by atoms with Crippen LogP contribution in [0.4, 0.5) is 11.4 Å². The minimum atomic E-state index is -0.901. The number of rotatable bonds is 5. The van der Waals surface area contributed by atoms with Gasteiger partial charge in [-0.2, -0.15) is 0 Å². The second-order valence-corrected chi connectivity index (χ2v) is 4.80. The van der Waals surface area contributed by atoms with Gasteiger partial charge in [-0.3, -0.25) is 0 Å². The molecule has 0 aliphatic rings. The zero-order valence-corrected chi connectivity index (χ0v) is 11.6. The van der Waals surface area contributed by atoms with Crippen molar-refractivity contribution in [3.63, 3.8) is 0 Å². The van der Waals surface area contributed by atoms with Crippen molar-refractivity contribution >= 4 is 17.3 Å². The largest absolute Gasteiger partial charge is 0.478 e. The quantitative estimate of drug-likeness (QED) is 0.876. The Morgan fingerprint density at radius 2 is 1.90 bits per heavy atom. The maximum Gasteiger partial charge on any atom is 0.335 e. The Balaban J connectivity index is 2.07. The van der Waals surface area contributed by atoms with E-state index in [1.807, 2.05) is 43.3 Å². The molecule has 0 aliphatic carbocycles. The van der Waals surface area contributed by atoms with E-state index in [9.17, 15) is 4.79 Å². The van der Waals surface area contributed by atoms with Crippen LogP contribution in [-0.2, 0) is 6.54 Å². The van der Waals surface area contributed by atoms with Crippen molar-refractivity contribution in [1.29, 1.82) is 0 Å². The Kier molecular flexibility index (Phi) is 4.25. The molecule has 0 radical (unpaired) electrons. The highest BCUT2D eigenvalue weighted by molar-refractivity contribution is 5.87. The molecule has 0 amide bonds. The molecule has 0 aromatic heterocycles. The number of hydrogen-bond donors (Lipinski definition) is 2. The van der Waals surface area contributed by atoms with Gasteiger partial charge in [0.25, 0.3) is 0 Å². The first-order valence-electron chi connectivity index (χ1n) is 6.40. The highest BCUT2D eigenvalue weighted by atomic mass is 16.4. The number of carboxylic acids is 1. The average molecular weight is 270 g/mol. The van der Waals surface area contributed by atoms with Crippen molar-refractivity contribution < 1.29 is 9.90 Å². The van der Waals surface area contributed by atoms with Crippen LogP contribution in [0.1, 0.15) is 15.9 Å². The SMILES string of the molecule is CN(C)c1cccc(NCc2cccc(C(=O)O)c2)c1. The standard InChI is InChI=1S/C16H18N2O2/c1-18(2)15-8-4-7-14(10-15)17-11-12-5-3-6-13(9-12)16(19)20/h3-10,17H,11H2,1-2H3,(H,19,20). The number of nitrogens with zero attached hydrogens (tertiary/aromatic N) is 1. The Bertz CT molecular complexity index is 609. The third-order valence-corrected chi connectivity index (χ3v) is 3.03. The van der Waals surface area contributed by atoms with E-state index in [4.69, 9.17) is 5.11 Å². The predicted octanol–water partition coefficient (Wildman–Crippen LogP) is 3.06. The van der Waals surface area contributed by atoms with Gasteiger partial charge >= 0.3 is 5.97 Å². The fraction of sp³-hybridized carbons (Fsp3) is 0.188. The van der Waals surface area contributed by atoms with Gasteiger partial charge in [-0.15, -0.1) is 0 Å². The summed E-state index contributed by atoms with van der Waals surface area (Å²) in [6.45, 7) is 0.595. The molecule has 0 unspecified atom stereocenters. The van der Waals surface area contributed by atoms with Crippen molar-refractivity contribution in [2.75, 3.05) is 24.3 Å². The van der Waals surface area contributed by atoms with Gasteiger partial charge in [0.2, 0.25) is 0 Å². The van der Waals surface area contributed by atoms with E-state index >= 15 is 0 Å². The summed E-state index contributed by atoms with van der Waals surface area (Å²) in [7, 11) is 3.99. The minimum absolute atomic E-state index is 0.311. The molecule has 2 rings (SSSR count). The molecule has 0 aliphatic heterocycles. The van der Waals surface area contributed by atoms with E-state index in [2.05, 4.69) is 11.4 Å². The van der Waals surface area contributed by atoms with Gasteiger partial charge < -0.3 is 15.3 Å². The summed E-state index contributed by atoms with van der Waals surface area (Å²) in [5.74, 6) is -0.901. The predicted molar refractivity (Wildman–Crippen MR) is 81.5 cm³/mol. The summed E-state index contributed by atoms with van der Waals surface area (Å²) < 4.78 is 0. The van der Waals surface area contributed by atoms with Crippen molar-refractivity contribution in [2.24, 2.45) is 0 Å². The highest BCUT2D eigenvalue weighted by Crippen LogP contribution is 2.18. The zero-order valence-electron chi connectivity index (χ0n) is 11.6. The second-order valence-electron chi connectivity index (χ2n) is 4.80. The van der Waals surface area contributed by atoms with Crippen LogP contribution >= 0.6 is 0 Å². The lowest BCUT2D eigenvalue weighted by atomic mass is 10.1. The summed E-state index contributed by atoms with van der Waals surface area (Å²) in [4.78, 5) is 13.0. The van der Waals surface area contributed by atoms with Crippen LogP contribution in [0, 0.1) is 0 Å². The molecule has 0 atom stereocenters. The van der Waals surface area contributed by atoms with Gasteiger partial charge in [-0.05, 0) is 35.9 Å². The van der Waals surface area contributed by atoms with Gasteiger partial charge in [-0.1, -0.05) is 18.2 Å². The zero-order chi connectivity index (χ0) is 14.5. The molecular weight excluding hydrogens is 252 g/mol.